The molecule has 4 rings (SSSR count). The van der Waals surface area contributed by atoms with Gasteiger partial charge in [0.2, 0.25) is 0 Å². The van der Waals surface area contributed by atoms with E-state index < -0.39 is 10.8 Å². The molecule has 0 radical (unpaired) electrons. The minimum Gasteiger partial charge on any atom is -0.368 e. The molecule has 0 aliphatic carbocycles. The third-order valence-corrected chi connectivity index (χ3v) is 6.68. The summed E-state index contributed by atoms with van der Waals surface area (Å²) in [4.78, 5) is 27.6. The fourth-order valence-corrected chi connectivity index (χ4v) is 4.55. The molecule has 3 aromatic carbocycles. The van der Waals surface area contributed by atoms with Crippen molar-refractivity contribution in [2.24, 2.45) is 0 Å². The molecule has 7 nitrogen and oxygen atoms in total. The number of nitrogens with zero attached hydrogens (tertiary/aromatic N) is 3. The summed E-state index contributed by atoms with van der Waals surface area (Å²) < 4.78 is 0. The molecule has 3 aromatic rings. The molecule has 0 bridgehead atoms. The van der Waals surface area contributed by atoms with Crippen LogP contribution in [0.5, 0.6) is 0 Å². The van der Waals surface area contributed by atoms with Crippen molar-refractivity contribution in [1.29, 1.82) is 0 Å². The third kappa shape index (κ3) is 5.62. The Kier molecular flexibility index (Phi) is 7.58. The van der Waals surface area contributed by atoms with Crippen LogP contribution in [0.1, 0.15) is 15.9 Å². The number of piperazine rings is 1. The van der Waals surface area contributed by atoms with E-state index in [1.54, 1.807) is 12.1 Å². The van der Waals surface area contributed by atoms with Crippen LogP contribution in [0.25, 0.3) is 0 Å². The second kappa shape index (κ2) is 10.6. The third-order valence-electron chi connectivity index (χ3n) is 5.68. The van der Waals surface area contributed by atoms with Crippen LogP contribution in [-0.2, 0) is 6.54 Å². The molecule has 1 aliphatic rings. The van der Waals surface area contributed by atoms with Crippen LogP contribution in [-0.4, -0.2) is 41.9 Å². The summed E-state index contributed by atoms with van der Waals surface area (Å²) in [7, 11) is 0. The van der Waals surface area contributed by atoms with Gasteiger partial charge < -0.3 is 10.2 Å². The summed E-state index contributed by atoms with van der Waals surface area (Å²) in [6.07, 6.45) is 0. The Labute approximate surface area is 212 Å². The van der Waals surface area contributed by atoms with Crippen molar-refractivity contribution in [1.82, 2.24) is 4.90 Å². The fourth-order valence-electron chi connectivity index (χ4n) is 3.85. The molecular formula is C24H21Cl3N4O3. The predicted octanol–water partition coefficient (Wildman–Crippen LogP) is 6.13. The number of halogens is 3. The van der Waals surface area contributed by atoms with Gasteiger partial charge in [0.25, 0.3) is 11.6 Å². The largest absolute Gasteiger partial charge is 0.368 e. The molecule has 1 fully saturated rings. The Balaban J connectivity index is 1.39. The highest BCUT2D eigenvalue weighted by molar-refractivity contribution is 6.35. The lowest BCUT2D eigenvalue weighted by atomic mass is 10.1. The number of carbonyl (C=O) groups is 1. The van der Waals surface area contributed by atoms with Crippen LogP contribution in [0.2, 0.25) is 15.1 Å². The second-order valence-corrected chi connectivity index (χ2v) is 9.12. The van der Waals surface area contributed by atoms with Gasteiger partial charge in [-0.3, -0.25) is 19.8 Å². The van der Waals surface area contributed by atoms with Gasteiger partial charge in [0.05, 0.1) is 26.2 Å². The van der Waals surface area contributed by atoms with Gasteiger partial charge in [-0.2, -0.15) is 0 Å². The van der Waals surface area contributed by atoms with Crippen molar-refractivity contribution in [3.05, 3.63) is 97.0 Å². The molecule has 176 valence electrons. The van der Waals surface area contributed by atoms with E-state index in [1.807, 2.05) is 30.3 Å². The maximum absolute atomic E-state index is 12.6. The predicted molar refractivity (Wildman–Crippen MR) is 136 cm³/mol. The lowest BCUT2D eigenvalue weighted by Crippen LogP contribution is -2.46. The number of non-ortho nitro benzene ring substituents is 1. The number of hydrogen-bond donors (Lipinski definition) is 1. The molecule has 0 atom stereocenters. The Morgan fingerprint density at radius 2 is 1.65 bits per heavy atom. The monoisotopic (exact) mass is 518 g/mol. The molecular weight excluding hydrogens is 499 g/mol. The van der Waals surface area contributed by atoms with Gasteiger partial charge in [0.15, 0.2) is 0 Å². The first-order valence-electron chi connectivity index (χ1n) is 10.6. The molecule has 0 saturated carbocycles. The minimum absolute atomic E-state index is 0.0192. The number of anilines is 2. The number of hydrogen-bond acceptors (Lipinski definition) is 5. The maximum atomic E-state index is 12.6. The van der Waals surface area contributed by atoms with Gasteiger partial charge in [-0.15, -0.1) is 0 Å². The summed E-state index contributed by atoms with van der Waals surface area (Å²) in [6.45, 7) is 4.14. The molecule has 1 aliphatic heterocycles. The van der Waals surface area contributed by atoms with Gasteiger partial charge in [0.1, 0.15) is 0 Å². The number of nitro groups is 1. The number of rotatable bonds is 6. The summed E-state index contributed by atoms with van der Waals surface area (Å²) in [5.41, 5.74) is 2.27. The quantitative estimate of drug-likeness (QED) is 0.313. The van der Waals surface area contributed by atoms with Crippen LogP contribution in [0.15, 0.2) is 60.7 Å². The topological polar surface area (TPSA) is 78.7 Å². The van der Waals surface area contributed by atoms with Crippen molar-refractivity contribution < 1.29 is 9.72 Å². The van der Waals surface area contributed by atoms with Gasteiger partial charge >= 0.3 is 0 Å². The van der Waals surface area contributed by atoms with E-state index in [9.17, 15) is 14.9 Å². The first-order valence-corrected chi connectivity index (χ1v) is 11.7. The van der Waals surface area contributed by atoms with Crippen LogP contribution >= 0.6 is 34.8 Å². The van der Waals surface area contributed by atoms with Gasteiger partial charge in [-0.25, -0.2) is 0 Å². The van der Waals surface area contributed by atoms with Gasteiger partial charge in [-0.1, -0.05) is 53.0 Å². The molecule has 1 saturated heterocycles. The Bertz CT molecular complexity index is 1230. The molecule has 10 heteroatoms. The summed E-state index contributed by atoms with van der Waals surface area (Å²) >= 11 is 18.9. The van der Waals surface area contributed by atoms with E-state index in [0.29, 0.717) is 10.7 Å². The summed E-state index contributed by atoms with van der Waals surface area (Å²) in [6, 6.07) is 16.9. The zero-order valence-electron chi connectivity index (χ0n) is 18.0. The highest BCUT2D eigenvalue weighted by atomic mass is 35.5. The number of carbonyl (C=O) groups excluding carboxylic acids is 1. The average Bonchev–Trinajstić information content (AvgIpc) is 2.81. The standard InChI is InChI=1S/C24H21Cl3N4O3/c25-20-4-2-1-3-16(20)15-29-9-11-30(12-10-29)23-8-5-17(13-22(23)27)28-24(32)19-14-18(31(33)34)6-7-21(19)26/h1-8,13-14H,9-12,15H2,(H,28,32). The first kappa shape index (κ1) is 24.3. The maximum Gasteiger partial charge on any atom is 0.270 e. The van der Waals surface area contributed by atoms with E-state index in [0.717, 1.165) is 55.1 Å². The van der Waals surface area contributed by atoms with E-state index in [4.69, 9.17) is 34.8 Å². The van der Waals surface area contributed by atoms with Crippen LogP contribution in [0, 0.1) is 10.1 Å². The average molecular weight is 520 g/mol. The van der Waals surface area contributed by atoms with Crippen LogP contribution < -0.4 is 10.2 Å². The Morgan fingerprint density at radius 1 is 0.912 bits per heavy atom. The van der Waals surface area contributed by atoms with Gasteiger partial charge in [0, 0.05) is 55.6 Å². The van der Waals surface area contributed by atoms with E-state index in [-0.39, 0.29) is 16.3 Å². The molecule has 1 amide bonds. The van der Waals surface area contributed by atoms with Gasteiger partial charge in [-0.05, 0) is 35.9 Å². The second-order valence-electron chi connectivity index (χ2n) is 7.90. The SMILES string of the molecule is O=C(Nc1ccc(N2CCN(Cc3ccccc3Cl)CC2)c(Cl)c1)c1cc([N+](=O)[O-])ccc1Cl. The van der Waals surface area contributed by atoms with Crippen molar-refractivity contribution in [2.45, 2.75) is 6.54 Å². The number of benzene rings is 3. The number of nitrogens with one attached hydrogen (secondary N) is 1. The Hall–Kier alpha value is -2.84. The highest BCUT2D eigenvalue weighted by Crippen LogP contribution is 2.31. The molecule has 1 heterocycles. The summed E-state index contributed by atoms with van der Waals surface area (Å²) in [5, 5.41) is 15.1. The number of amides is 1. The van der Waals surface area contributed by atoms with Crippen molar-refractivity contribution >= 4 is 57.8 Å². The van der Waals surface area contributed by atoms with Crippen molar-refractivity contribution in [3.8, 4) is 0 Å². The van der Waals surface area contributed by atoms with E-state index >= 15 is 0 Å². The molecule has 34 heavy (non-hydrogen) atoms. The lowest BCUT2D eigenvalue weighted by molar-refractivity contribution is -0.384. The normalized spacial score (nSPS) is 14.1. The molecule has 0 spiro atoms. The smallest absolute Gasteiger partial charge is 0.270 e. The minimum atomic E-state index is -0.576. The molecule has 0 aromatic heterocycles. The zero-order valence-corrected chi connectivity index (χ0v) is 20.3. The fraction of sp³-hybridized carbons (Fsp3) is 0.208. The highest BCUT2D eigenvalue weighted by Gasteiger charge is 2.21. The van der Waals surface area contributed by atoms with Crippen LogP contribution in [0.4, 0.5) is 17.1 Å². The summed E-state index contributed by atoms with van der Waals surface area (Å²) in [5.74, 6) is -0.550. The lowest BCUT2D eigenvalue weighted by Gasteiger charge is -2.36. The van der Waals surface area contributed by atoms with E-state index in [1.165, 1.54) is 12.1 Å². The van der Waals surface area contributed by atoms with Crippen LogP contribution in [0.3, 0.4) is 0 Å². The van der Waals surface area contributed by atoms with Crippen molar-refractivity contribution in [2.75, 3.05) is 36.4 Å². The van der Waals surface area contributed by atoms with E-state index in [2.05, 4.69) is 15.1 Å². The zero-order chi connectivity index (χ0) is 24.2. The first-order chi connectivity index (χ1) is 16.3. The molecule has 1 N–H and O–H groups in total. The number of nitro benzene ring substituents is 1. The Morgan fingerprint density at radius 3 is 2.32 bits per heavy atom. The molecule has 0 unspecified atom stereocenters. The van der Waals surface area contributed by atoms with Crippen molar-refractivity contribution in [3.63, 3.8) is 0 Å².